The Morgan fingerprint density at radius 1 is 0.966 bits per heavy atom. The van der Waals surface area contributed by atoms with Crippen molar-refractivity contribution in [2.45, 2.75) is 69.7 Å². The summed E-state index contributed by atoms with van der Waals surface area (Å²) in [5, 5.41) is 8.71. The zero-order valence-corrected chi connectivity index (χ0v) is 33.6. The van der Waals surface area contributed by atoms with Crippen molar-refractivity contribution in [2.24, 2.45) is 17.3 Å². The lowest BCUT2D eigenvalue weighted by molar-refractivity contribution is -0.136. The Kier molecular flexibility index (Phi) is 9.24. The number of piperidine rings is 1. The highest BCUT2D eigenvalue weighted by Gasteiger charge is 2.52. The Bertz CT molecular complexity index is 2560. The van der Waals surface area contributed by atoms with E-state index >= 15 is 0 Å². The molecule has 1 atom stereocenters. The van der Waals surface area contributed by atoms with Gasteiger partial charge in [-0.25, -0.2) is 4.98 Å². The second-order valence-corrected chi connectivity index (χ2v) is 18.4. The van der Waals surface area contributed by atoms with Crippen molar-refractivity contribution < 1.29 is 19.1 Å². The van der Waals surface area contributed by atoms with Crippen LogP contribution in [-0.2, 0) is 9.59 Å². The number of fused-ring (bicyclic) bond motifs is 3. The summed E-state index contributed by atoms with van der Waals surface area (Å²) >= 11 is 1.76. The fourth-order valence-corrected chi connectivity index (χ4v) is 11.8. The molecule has 2 aromatic heterocycles. The predicted octanol–water partition coefficient (Wildman–Crippen LogP) is 7.33. The van der Waals surface area contributed by atoms with Gasteiger partial charge in [0.15, 0.2) is 0 Å². The van der Waals surface area contributed by atoms with Crippen molar-refractivity contribution in [3.63, 3.8) is 0 Å². The molecule has 5 aromatic rings. The molecular weight excluding hydrogens is 749 g/mol. The lowest BCUT2D eigenvalue weighted by Gasteiger charge is -2.60. The van der Waals surface area contributed by atoms with Gasteiger partial charge in [0.05, 0.1) is 33.6 Å². The number of likely N-dealkylation sites (tertiary alicyclic amines) is 1. The first-order valence-electron chi connectivity index (χ1n) is 20.7. The molecule has 1 spiro atoms. The number of ether oxygens (including phenoxy) is 1. The van der Waals surface area contributed by atoms with Crippen LogP contribution in [0.15, 0.2) is 78.2 Å². The maximum atomic E-state index is 13.6. The van der Waals surface area contributed by atoms with Crippen LogP contribution in [0.25, 0.3) is 32.4 Å². The van der Waals surface area contributed by atoms with E-state index in [1.807, 2.05) is 60.8 Å². The van der Waals surface area contributed by atoms with Crippen LogP contribution in [0, 0.1) is 17.3 Å². The number of amides is 3. The van der Waals surface area contributed by atoms with E-state index in [1.54, 1.807) is 23.0 Å². The Hall–Kier alpha value is -5.33. The Morgan fingerprint density at radius 3 is 2.57 bits per heavy atom. The third kappa shape index (κ3) is 6.41. The fourth-order valence-electron chi connectivity index (χ4n) is 10.7. The number of anilines is 1. The number of carbonyl (C=O) groups excluding carboxylic acids is 3. The number of pyridine rings is 1. The van der Waals surface area contributed by atoms with E-state index in [4.69, 9.17) is 9.72 Å². The SMILES string of the molecule is C=C1c2cccc(NCCC3CC4(C3)CN(CC3CCC(c5nc6cc(OC)c(-n7ccc8ccccc8c7=O)cc6s5)CC3)C4)c2C(=O)N1C1CCC(=O)NC1=O. The summed E-state index contributed by atoms with van der Waals surface area (Å²) in [7, 11) is 1.65. The highest BCUT2D eigenvalue weighted by atomic mass is 32.1. The van der Waals surface area contributed by atoms with Gasteiger partial charge in [-0.15, -0.1) is 11.3 Å². The van der Waals surface area contributed by atoms with Crippen LogP contribution in [0.2, 0.25) is 0 Å². The minimum absolute atomic E-state index is 0.0567. The molecule has 2 N–H and O–H groups in total. The lowest BCUT2D eigenvalue weighted by atomic mass is 9.57. The van der Waals surface area contributed by atoms with E-state index in [0.29, 0.717) is 46.1 Å². The van der Waals surface area contributed by atoms with Crippen LogP contribution in [0.4, 0.5) is 5.69 Å². The number of thiazole rings is 1. The first kappa shape index (κ1) is 37.0. The minimum Gasteiger partial charge on any atom is -0.494 e. The van der Waals surface area contributed by atoms with Crippen molar-refractivity contribution in [3.8, 4) is 11.4 Å². The lowest BCUT2D eigenvalue weighted by Crippen LogP contribution is -2.63. The highest BCUT2D eigenvalue weighted by Crippen LogP contribution is 2.53. The summed E-state index contributed by atoms with van der Waals surface area (Å²) in [5.74, 6) is 1.56. The second kappa shape index (κ2) is 14.5. The van der Waals surface area contributed by atoms with Gasteiger partial charge in [-0.1, -0.05) is 36.9 Å². The van der Waals surface area contributed by atoms with Crippen LogP contribution >= 0.6 is 11.3 Å². The van der Waals surface area contributed by atoms with Gasteiger partial charge < -0.3 is 15.0 Å². The molecule has 12 heteroatoms. The Morgan fingerprint density at radius 2 is 1.78 bits per heavy atom. The molecule has 5 aliphatic rings. The summed E-state index contributed by atoms with van der Waals surface area (Å²) in [4.78, 5) is 60.5. The highest BCUT2D eigenvalue weighted by molar-refractivity contribution is 7.18. The number of nitrogens with zero attached hydrogens (tertiary/aromatic N) is 4. The predicted molar refractivity (Wildman–Crippen MR) is 226 cm³/mol. The van der Waals surface area contributed by atoms with Crippen LogP contribution in [-0.4, -0.2) is 76.4 Å². The normalized spacial score (nSPS) is 23.3. The monoisotopic (exact) mass is 796 g/mol. The average molecular weight is 797 g/mol. The first-order valence-corrected chi connectivity index (χ1v) is 21.5. The number of aromatic nitrogens is 2. The van der Waals surface area contributed by atoms with E-state index in [1.165, 1.54) is 55.2 Å². The largest absolute Gasteiger partial charge is 0.494 e. The van der Waals surface area contributed by atoms with E-state index in [9.17, 15) is 19.2 Å². The third-order valence-corrected chi connectivity index (χ3v) is 14.7. The third-order valence-electron chi connectivity index (χ3n) is 13.5. The molecule has 4 fully saturated rings. The molecule has 5 heterocycles. The topological polar surface area (TPSA) is 126 Å². The number of nitrogens with one attached hydrogen (secondary N) is 2. The average Bonchev–Trinajstić information content (AvgIpc) is 3.73. The molecule has 0 radical (unpaired) electrons. The van der Waals surface area contributed by atoms with Gasteiger partial charge in [0, 0.05) is 73.1 Å². The summed E-state index contributed by atoms with van der Waals surface area (Å²) < 4.78 is 8.54. The summed E-state index contributed by atoms with van der Waals surface area (Å²) in [6.45, 7) is 8.54. The second-order valence-electron chi connectivity index (χ2n) is 17.3. The maximum absolute atomic E-state index is 13.6. The smallest absolute Gasteiger partial charge is 0.263 e. The van der Waals surface area contributed by atoms with Gasteiger partial charge in [0.1, 0.15) is 11.8 Å². The van der Waals surface area contributed by atoms with Gasteiger partial charge in [-0.05, 0) is 98.3 Å². The van der Waals surface area contributed by atoms with Crippen LogP contribution in [0.1, 0.15) is 84.6 Å². The summed E-state index contributed by atoms with van der Waals surface area (Å²) in [6.07, 6.45) is 10.7. The Balaban J connectivity index is 0.689. The van der Waals surface area contributed by atoms with Crippen molar-refractivity contribution in [1.29, 1.82) is 0 Å². The van der Waals surface area contributed by atoms with Gasteiger partial charge in [0.2, 0.25) is 11.8 Å². The van der Waals surface area contributed by atoms with Crippen LogP contribution in [0.3, 0.4) is 0 Å². The zero-order chi connectivity index (χ0) is 39.7. The van der Waals surface area contributed by atoms with Crippen molar-refractivity contribution in [3.05, 3.63) is 99.9 Å². The van der Waals surface area contributed by atoms with Gasteiger partial charge in [-0.3, -0.25) is 34.0 Å². The van der Waals surface area contributed by atoms with Gasteiger partial charge in [0.25, 0.3) is 11.5 Å². The number of benzene rings is 3. The van der Waals surface area contributed by atoms with Gasteiger partial charge in [-0.2, -0.15) is 0 Å². The molecule has 298 valence electrons. The number of carbonyl (C=O) groups is 3. The molecule has 10 rings (SSSR count). The molecule has 3 aromatic carbocycles. The van der Waals surface area contributed by atoms with Gasteiger partial charge >= 0.3 is 0 Å². The van der Waals surface area contributed by atoms with Crippen molar-refractivity contribution in [1.82, 2.24) is 24.7 Å². The number of hydrogen-bond donors (Lipinski definition) is 2. The summed E-state index contributed by atoms with van der Waals surface area (Å²) in [5.41, 5.74) is 4.71. The number of rotatable bonds is 10. The van der Waals surface area contributed by atoms with E-state index in [2.05, 4.69) is 28.2 Å². The van der Waals surface area contributed by atoms with Crippen molar-refractivity contribution >= 4 is 61.4 Å². The van der Waals surface area contributed by atoms with Crippen LogP contribution < -0.4 is 20.9 Å². The zero-order valence-electron chi connectivity index (χ0n) is 32.8. The van der Waals surface area contributed by atoms with E-state index in [0.717, 1.165) is 64.3 Å². The molecule has 0 bridgehead atoms. The molecule has 11 nitrogen and oxygen atoms in total. The number of imide groups is 1. The molecule has 2 saturated carbocycles. The molecule has 1 unspecified atom stereocenters. The van der Waals surface area contributed by atoms with E-state index < -0.39 is 11.9 Å². The maximum Gasteiger partial charge on any atom is 0.263 e. The summed E-state index contributed by atoms with van der Waals surface area (Å²) in [6, 6.07) is 18.7. The molecule has 3 aliphatic heterocycles. The van der Waals surface area contributed by atoms with Crippen LogP contribution in [0.5, 0.6) is 5.75 Å². The van der Waals surface area contributed by atoms with Crippen molar-refractivity contribution in [2.75, 3.05) is 38.6 Å². The first-order chi connectivity index (χ1) is 28.2. The molecular formula is C46H48N6O5S. The molecule has 58 heavy (non-hydrogen) atoms. The van der Waals surface area contributed by atoms with E-state index in [-0.39, 0.29) is 23.8 Å². The molecule has 2 aliphatic carbocycles. The standard InChI is InChI=1S/C46H48N6O5S/c1-27-32-8-5-9-34(41(32)45(56)52(27)36-14-15-40(53)49-42(36)54)47-18-16-29-22-46(23-29)25-50(26-46)24-28-10-12-31(13-11-28)43-48-35-20-38(57-2)37(21-39(35)58-43)51-19-17-30-6-3-4-7-33(30)44(51)55/h3-9,17,19-21,28-29,31,36,47H,1,10-16,18,22-26H2,2H3,(H,49,53,54). The molecule has 2 saturated heterocycles. The quantitative estimate of drug-likeness (QED) is 0.141. The fraction of sp³-hybridized carbons (Fsp3) is 0.413. The minimum atomic E-state index is -0.719. The number of hydrogen-bond acceptors (Lipinski definition) is 9. The molecule has 3 amide bonds. The number of methoxy groups -OCH3 is 1. The Labute approximate surface area is 341 Å².